The molecule has 2 N–H and O–H groups in total. The molecule has 0 aromatic rings. The first kappa shape index (κ1) is 8.82. The first-order valence-electron chi connectivity index (χ1n) is 0.408. The predicted molar refractivity (Wildman–Crippen MR) is 4.99 cm³/mol. The van der Waals surface area contributed by atoms with E-state index in [4.69, 9.17) is 4.47 Å². The Balaban J connectivity index is 0. The van der Waals surface area contributed by atoms with Gasteiger partial charge in [0.05, 0.1) is 0 Å². The fourth-order valence-electron chi connectivity index (χ4n) is 0. The summed E-state index contributed by atoms with van der Waals surface area (Å²) in [5, 5.41) is 0. The van der Waals surface area contributed by atoms with E-state index in [-0.39, 0.29) is 5.48 Å². The second-order valence-corrected chi connectivity index (χ2v) is 0.777. The molecule has 0 spiro atoms. The normalized spacial score (nSPS) is 2.00. The van der Waals surface area contributed by atoms with Crippen LogP contribution < -0.4 is 0 Å². The molecule has 0 aromatic heterocycles. The molecule has 0 aliphatic rings. The zero-order valence-corrected chi connectivity index (χ0v) is 5.98. The molecule has 0 aliphatic carbocycles. The quantitative estimate of drug-likeness (QED) is 0.570. The van der Waals surface area contributed by atoms with Crippen LogP contribution >= 0.6 is 0 Å². The summed E-state index contributed by atoms with van der Waals surface area (Å²) in [6, 6.07) is 0. The van der Waals surface area contributed by atoms with E-state index in [1.54, 1.807) is 0 Å². The summed E-state index contributed by atoms with van der Waals surface area (Å²) in [6.45, 7) is 0. The summed E-state index contributed by atoms with van der Waals surface area (Å²) in [7, 11) is 0. The van der Waals surface area contributed by atoms with Gasteiger partial charge in [0.2, 0.25) is 0 Å². The molecule has 0 aromatic carbocycles. The molecule has 0 aliphatic heterocycles. The number of rotatable bonds is 0. The van der Waals surface area contributed by atoms with Gasteiger partial charge in [-0.2, -0.15) is 0 Å². The van der Waals surface area contributed by atoms with Crippen molar-refractivity contribution in [2.45, 2.75) is 0 Å². The van der Waals surface area contributed by atoms with Crippen molar-refractivity contribution in [3.63, 3.8) is 0 Å². The third-order valence-corrected chi connectivity index (χ3v) is 0. The van der Waals surface area contributed by atoms with Crippen LogP contribution in [-0.4, -0.2) is 5.48 Å². The van der Waals surface area contributed by atoms with E-state index in [0.717, 1.165) is 0 Å². The maximum atomic E-state index is 8.58. The van der Waals surface area contributed by atoms with E-state index in [0.29, 0.717) is 0 Å². The average Bonchev–Trinajstić information content (AvgIpc) is 0.918. The molecule has 0 rings (SSSR count). The second-order valence-electron chi connectivity index (χ2n) is 0.0833. The molecule has 3 nitrogen and oxygen atoms in total. The van der Waals surface area contributed by atoms with Gasteiger partial charge in [0.1, 0.15) is 0 Å². The van der Waals surface area contributed by atoms with E-state index < -0.39 is 27.8 Å². The second kappa shape index (κ2) is 9.48. The van der Waals surface area contributed by atoms with Gasteiger partial charge < -0.3 is 5.48 Å². The number of hydrogen-bond donors (Lipinski definition) is 0. The minimum absolute atomic E-state index is 0. The summed E-state index contributed by atoms with van der Waals surface area (Å²) < 4.78 is 17.2. The Bertz CT molecular complexity index is 24.3. The molecule has 0 radical (unpaired) electrons. The Labute approximate surface area is 37.9 Å². The first-order valence-corrected chi connectivity index (χ1v) is 3.81. The van der Waals surface area contributed by atoms with Crippen molar-refractivity contribution >= 4 is 0 Å². The Morgan fingerprint density at radius 2 is 1.25 bits per heavy atom. The van der Waals surface area contributed by atoms with Crippen molar-refractivity contribution in [1.29, 1.82) is 0 Å². The summed E-state index contributed by atoms with van der Waals surface area (Å²) in [5.41, 5.74) is 0. The van der Waals surface area contributed by atoms with Gasteiger partial charge in [-0.05, 0) is 0 Å². The predicted octanol–water partition coefficient (Wildman–Crippen LogP) is -1.06. The van der Waals surface area contributed by atoms with Crippen molar-refractivity contribution in [3.8, 4) is 0 Å². The molecule has 4 heteroatoms. The molecule has 22 valence electrons. The third kappa shape index (κ3) is 18.1. The summed E-state index contributed by atoms with van der Waals surface area (Å²) >= 11 is -2.51. The van der Waals surface area contributed by atoms with Crippen LogP contribution in [0.5, 0.6) is 0 Å². The minimum atomic E-state index is -2.51. The monoisotopic (exact) mass is 288 g/mol. The van der Waals surface area contributed by atoms with Gasteiger partial charge in [0.25, 0.3) is 0 Å². The van der Waals surface area contributed by atoms with E-state index in [9.17, 15) is 0 Å². The van der Waals surface area contributed by atoms with Gasteiger partial charge in [-0.25, -0.2) is 0 Å². The fourth-order valence-corrected chi connectivity index (χ4v) is 0. The van der Waals surface area contributed by atoms with Crippen molar-refractivity contribution in [3.05, 3.63) is 0 Å². The molecule has 0 amide bonds. The van der Waals surface area contributed by atoms with Crippen LogP contribution in [0.4, 0.5) is 0 Å². The molecule has 0 atom stereocenters. The zero-order chi connectivity index (χ0) is 2.71. The SMILES string of the molecule is O.[O]=[U+2]=[O]. The molecule has 0 bridgehead atoms. The van der Waals surface area contributed by atoms with Crippen molar-refractivity contribution < 1.29 is 37.8 Å². The average molecular weight is 288 g/mol. The van der Waals surface area contributed by atoms with Crippen molar-refractivity contribution in [1.82, 2.24) is 0 Å². The Morgan fingerprint density at radius 1 is 1.25 bits per heavy atom. The van der Waals surface area contributed by atoms with Crippen LogP contribution in [0.15, 0.2) is 0 Å². The van der Waals surface area contributed by atoms with Gasteiger partial charge in [-0.15, -0.1) is 0 Å². The molecule has 0 saturated heterocycles. The standard InChI is InChI=1S/H2O.2O.U/h1H2;;;/q;;;+2. The molecule has 4 heavy (non-hydrogen) atoms. The van der Waals surface area contributed by atoms with Crippen LogP contribution in [0.1, 0.15) is 0 Å². The van der Waals surface area contributed by atoms with Crippen molar-refractivity contribution in [2.24, 2.45) is 0 Å². The summed E-state index contributed by atoms with van der Waals surface area (Å²) in [5.74, 6) is 0. The summed E-state index contributed by atoms with van der Waals surface area (Å²) in [6.07, 6.45) is 0. The van der Waals surface area contributed by atoms with Crippen LogP contribution in [0.3, 0.4) is 0 Å². The van der Waals surface area contributed by atoms with Crippen molar-refractivity contribution in [2.75, 3.05) is 0 Å². The maximum absolute atomic E-state index is 8.58. The van der Waals surface area contributed by atoms with Gasteiger partial charge in [-0.3, -0.25) is 0 Å². The van der Waals surface area contributed by atoms with E-state index in [1.165, 1.54) is 0 Å². The van der Waals surface area contributed by atoms with E-state index in [2.05, 4.69) is 0 Å². The van der Waals surface area contributed by atoms with E-state index >= 15 is 0 Å². The first-order chi connectivity index (χ1) is 1.41. The Kier molecular flexibility index (Phi) is 20.9. The Morgan fingerprint density at radius 3 is 1.25 bits per heavy atom. The van der Waals surface area contributed by atoms with E-state index in [1.807, 2.05) is 0 Å². The molecule has 0 heterocycles. The molecule has 0 saturated carbocycles. The molecule has 0 fully saturated rings. The topological polar surface area (TPSA) is 65.6 Å². The molecular formula is H2O3U+2. The third-order valence-electron chi connectivity index (χ3n) is 0. The zero-order valence-electron chi connectivity index (χ0n) is 1.82. The Hall–Kier alpha value is 0.612. The van der Waals surface area contributed by atoms with Gasteiger partial charge in [0.15, 0.2) is 0 Å². The van der Waals surface area contributed by atoms with Gasteiger partial charge in [-0.1, -0.05) is 0 Å². The number of hydrogen-bond acceptors (Lipinski definition) is 2. The van der Waals surface area contributed by atoms with Gasteiger partial charge in [0, 0.05) is 0 Å². The molecule has 0 unspecified atom stereocenters. The summed E-state index contributed by atoms with van der Waals surface area (Å²) in [4.78, 5) is 0. The van der Waals surface area contributed by atoms with Crippen LogP contribution in [0.2, 0.25) is 0 Å². The van der Waals surface area contributed by atoms with Crippen LogP contribution in [0, 0.1) is 27.8 Å². The molecular weight excluding hydrogens is 286 g/mol. The fraction of sp³-hybridized carbons (Fsp3) is 0. The van der Waals surface area contributed by atoms with Crippen LogP contribution in [-0.2, 0) is 4.47 Å². The van der Waals surface area contributed by atoms with Gasteiger partial charge >= 0.3 is 32.3 Å². The van der Waals surface area contributed by atoms with Crippen LogP contribution in [0.25, 0.3) is 0 Å².